The molecule has 41 heavy (non-hydrogen) atoms. The molecule has 0 aliphatic heterocycles. The normalized spacial score (nSPS) is 14.8. The van der Waals surface area contributed by atoms with E-state index >= 15 is 0 Å². The van der Waals surface area contributed by atoms with Gasteiger partial charge in [0.1, 0.15) is 11.4 Å². The first kappa shape index (κ1) is 30.4. The van der Waals surface area contributed by atoms with Crippen molar-refractivity contribution in [3.8, 4) is 22.8 Å². The molecule has 0 radical (unpaired) electrons. The average Bonchev–Trinajstić information content (AvgIpc) is 3.76. The lowest BCUT2D eigenvalue weighted by atomic mass is 9.87. The number of nitrogens with one attached hydrogen (secondary N) is 1. The van der Waals surface area contributed by atoms with Crippen molar-refractivity contribution in [2.45, 2.75) is 63.7 Å². The molecule has 0 amide bonds. The Morgan fingerprint density at radius 2 is 1.83 bits per heavy atom. The van der Waals surface area contributed by atoms with Gasteiger partial charge < -0.3 is 19.7 Å². The number of ketones is 1. The molecule has 0 spiro atoms. The number of carbonyl (C=O) groups is 2. The maximum Gasteiger partial charge on any atom is 0.317 e. The first-order valence-electron chi connectivity index (χ1n) is 13.3. The number of nitrogens with zero attached hydrogens (tertiary/aromatic N) is 1. The Morgan fingerprint density at radius 3 is 2.46 bits per heavy atom. The SMILES string of the molecule is COc1cc(C(=O)CCC(C)(O)c2cc(C(C)(C)NCC(=O)O)cc(-c3ccc(F)c(Cl)c3)n2)ccc1OC1CC1. The highest BCUT2D eigenvalue weighted by atomic mass is 35.5. The van der Waals surface area contributed by atoms with Crippen molar-refractivity contribution in [1.29, 1.82) is 0 Å². The number of carboxylic acids is 1. The van der Waals surface area contributed by atoms with E-state index in [1.165, 1.54) is 25.3 Å². The standard InChI is InChI=1S/C31H34ClFN2O6/c1-30(2,34-17-29(37)38)20-15-24(18-5-9-23(33)22(32)13-18)35-28(16-20)31(3,39)12-11-25(36)19-6-10-26(27(14-19)40-4)41-21-7-8-21/h5-6,9-10,13-16,21,34,39H,7-8,11-12,17H2,1-4H3,(H,37,38). The van der Waals surface area contributed by atoms with Crippen molar-refractivity contribution in [2.24, 2.45) is 0 Å². The Balaban J connectivity index is 1.61. The van der Waals surface area contributed by atoms with Crippen LogP contribution in [0, 0.1) is 5.82 Å². The summed E-state index contributed by atoms with van der Waals surface area (Å²) < 4.78 is 25.1. The molecule has 1 aliphatic carbocycles. The maximum atomic E-state index is 13.9. The molecule has 1 saturated carbocycles. The fourth-order valence-electron chi connectivity index (χ4n) is 4.30. The third-order valence-corrected chi connectivity index (χ3v) is 7.43. The van der Waals surface area contributed by atoms with Crippen molar-refractivity contribution in [3.05, 3.63) is 76.2 Å². The highest BCUT2D eigenvalue weighted by Gasteiger charge is 2.31. The van der Waals surface area contributed by atoms with Gasteiger partial charge in [-0.1, -0.05) is 11.6 Å². The zero-order valence-electron chi connectivity index (χ0n) is 23.5. The number of aliphatic carboxylic acids is 1. The highest BCUT2D eigenvalue weighted by molar-refractivity contribution is 6.31. The van der Waals surface area contributed by atoms with E-state index in [1.54, 1.807) is 51.1 Å². The average molecular weight is 585 g/mol. The molecule has 1 aliphatic rings. The second-order valence-electron chi connectivity index (χ2n) is 11.0. The quantitative estimate of drug-likeness (QED) is 0.213. The Labute approximate surface area is 243 Å². The second-order valence-corrected chi connectivity index (χ2v) is 11.4. The lowest BCUT2D eigenvalue weighted by Gasteiger charge is -2.30. The minimum Gasteiger partial charge on any atom is -0.493 e. The predicted octanol–water partition coefficient (Wildman–Crippen LogP) is 5.87. The summed E-state index contributed by atoms with van der Waals surface area (Å²) in [6, 6.07) is 12.7. The van der Waals surface area contributed by atoms with E-state index in [1.807, 2.05) is 0 Å². The van der Waals surface area contributed by atoms with E-state index in [0.29, 0.717) is 33.9 Å². The second kappa shape index (κ2) is 12.1. The number of ether oxygens (including phenoxy) is 2. The molecule has 0 saturated heterocycles. The number of hydrogen-bond donors (Lipinski definition) is 3. The smallest absolute Gasteiger partial charge is 0.317 e. The monoisotopic (exact) mass is 584 g/mol. The molecule has 1 aromatic heterocycles. The molecule has 1 fully saturated rings. The fourth-order valence-corrected chi connectivity index (χ4v) is 4.48. The highest BCUT2D eigenvalue weighted by Crippen LogP contribution is 2.36. The maximum absolute atomic E-state index is 13.9. The minimum atomic E-state index is -1.54. The summed E-state index contributed by atoms with van der Waals surface area (Å²) in [4.78, 5) is 29.0. The van der Waals surface area contributed by atoms with E-state index in [2.05, 4.69) is 10.3 Å². The Bertz CT molecular complexity index is 1450. The van der Waals surface area contributed by atoms with E-state index in [0.717, 1.165) is 12.8 Å². The van der Waals surface area contributed by atoms with E-state index < -0.39 is 22.9 Å². The van der Waals surface area contributed by atoms with Crippen LogP contribution in [0.2, 0.25) is 5.02 Å². The first-order valence-corrected chi connectivity index (χ1v) is 13.7. The molecule has 1 unspecified atom stereocenters. The van der Waals surface area contributed by atoms with Crippen LogP contribution in [0.15, 0.2) is 48.5 Å². The molecule has 3 aromatic rings. The zero-order valence-corrected chi connectivity index (χ0v) is 24.2. The Morgan fingerprint density at radius 1 is 1.10 bits per heavy atom. The summed E-state index contributed by atoms with van der Waals surface area (Å²) in [7, 11) is 1.52. The number of benzene rings is 2. The molecular formula is C31H34ClFN2O6. The van der Waals surface area contributed by atoms with Crippen molar-refractivity contribution in [3.63, 3.8) is 0 Å². The molecule has 3 N–H and O–H groups in total. The van der Waals surface area contributed by atoms with Gasteiger partial charge in [0.05, 0.1) is 36.2 Å². The van der Waals surface area contributed by atoms with Crippen LogP contribution in [0.1, 0.15) is 68.1 Å². The van der Waals surface area contributed by atoms with Crippen LogP contribution >= 0.6 is 11.6 Å². The minimum absolute atomic E-state index is 0.0171. The topological polar surface area (TPSA) is 118 Å². The summed E-state index contributed by atoms with van der Waals surface area (Å²) >= 11 is 6.03. The molecule has 10 heteroatoms. The number of rotatable bonds is 13. The number of hydrogen-bond acceptors (Lipinski definition) is 7. The lowest BCUT2D eigenvalue weighted by molar-refractivity contribution is -0.136. The summed E-state index contributed by atoms with van der Waals surface area (Å²) in [5.74, 6) is -0.724. The Hall–Kier alpha value is -3.53. The van der Waals surface area contributed by atoms with Gasteiger partial charge in [-0.15, -0.1) is 0 Å². The largest absolute Gasteiger partial charge is 0.493 e. The van der Waals surface area contributed by atoms with Crippen molar-refractivity contribution >= 4 is 23.4 Å². The predicted molar refractivity (Wildman–Crippen MR) is 153 cm³/mol. The number of aromatic nitrogens is 1. The van der Waals surface area contributed by atoms with Crippen LogP contribution in [0.25, 0.3) is 11.3 Å². The zero-order chi connectivity index (χ0) is 29.9. The van der Waals surface area contributed by atoms with Crippen molar-refractivity contribution < 1.29 is 33.7 Å². The summed E-state index contributed by atoms with van der Waals surface area (Å²) in [6.07, 6.45) is 2.25. The third kappa shape index (κ3) is 7.61. The van der Waals surface area contributed by atoms with Gasteiger partial charge in [-0.25, -0.2) is 9.37 Å². The van der Waals surface area contributed by atoms with Gasteiger partial charge in [0, 0.05) is 23.1 Å². The van der Waals surface area contributed by atoms with Crippen LogP contribution in [0.3, 0.4) is 0 Å². The van der Waals surface area contributed by atoms with Gasteiger partial charge in [0.25, 0.3) is 0 Å². The molecule has 1 atom stereocenters. The van der Waals surface area contributed by atoms with E-state index in [9.17, 15) is 24.2 Å². The van der Waals surface area contributed by atoms with E-state index in [-0.39, 0.29) is 42.0 Å². The lowest BCUT2D eigenvalue weighted by Crippen LogP contribution is -2.40. The molecule has 2 aromatic carbocycles. The Kier molecular flexibility index (Phi) is 9.01. The molecule has 8 nitrogen and oxygen atoms in total. The van der Waals surface area contributed by atoms with E-state index in [4.69, 9.17) is 21.1 Å². The number of Topliss-reactive ketones (excluding diaryl/α,β-unsaturated/α-hetero) is 1. The van der Waals surface area contributed by atoms with Gasteiger partial charge >= 0.3 is 5.97 Å². The number of carbonyl (C=O) groups excluding carboxylic acids is 1. The van der Waals surface area contributed by atoms with Crippen LogP contribution in [0.5, 0.6) is 11.5 Å². The summed E-state index contributed by atoms with van der Waals surface area (Å²) in [6.45, 7) is 4.89. The van der Waals surface area contributed by atoms with Gasteiger partial charge in [-0.05, 0) is 94.1 Å². The van der Waals surface area contributed by atoms with Crippen LogP contribution in [-0.4, -0.2) is 46.7 Å². The third-order valence-electron chi connectivity index (χ3n) is 7.14. The summed E-state index contributed by atoms with van der Waals surface area (Å²) in [5, 5.41) is 23.6. The number of methoxy groups -OCH3 is 1. The van der Waals surface area contributed by atoms with Crippen molar-refractivity contribution in [2.75, 3.05) is 13.7 Å². The van der Waals surface area contributed by atoms with Gasteiger partial charge in [-0.2, -0.15) is 0 Å². The van der Waals surface area contributed by atoms with Gasteiger partial charge in [-0.3, -0.25) is 14.9 Å². The number of carboxylic acid groups (broad SMARTS) is 1. The van der Waals surface area contributed by atoms with Crippen LogP contribution < -0.4 is 14.8 Å². The molecule has 0 bridgehead atoms. The number of pyridine rings is 1. The fraction of sp³-hybridized carbons (Fsp3) is 0.387. The summed E-state index contributed by atoms with van der Waals surface area (Å²) in [5.41, 5.74) is -0.0967. The molecule has 4 rings (SSSR count). The van der Waals surface area contributed by atoms with Crippen LogP contribution in [-0.2, 0) is 15.9 Å². The number of aliphatic hydroxyl groups is 1. The molecular weight excluding hydrogens is 551 g/mol. The first-order chi connectivity index (χ1) is 19.3. The number of halogens is 2. The van der Waals surface area contributed by atoms with Gasteiger partial charge in [0.15, 0.2) is 17.3 Å². The van der Waals surface area contributed by atoms with Gasteiger partial charge in [0.2, 0.25) is 0 Å². The molecule has 218 valence electrons. The van der Waals surface area contributed by atoms with Crippen LogP contribution in [0.4, 0.5) is 4.39 Å². The molecule has 1 heterocycles. The van der Waals surface area contributed by atoms with Crippen molar-refractivity contribution in [1.82, 2.24) is 10.3 Å².